The van der Waals surface area contributed by atoms with E-state index in [1.165, 1.54) is 37.4 Å². The van der Waals surface area contributed by atoms with Crippen LogP contribution in [0.3, 0.4) is 0 Å². The van der Waals surface area contributed by atoms with Gasteiger partial charge in [0.1, 0.15) is 5.82 Å². The number of nitrogens with one attached hydrogen (secondary N) is 1. The molecule has 0 radical (unpaired) electrons. The third kappa shape index (κ3) is 3.90. The molecule has 1 heterocycles. The lowest BCUT2D eigenvalue weighted by atomic mass is 9.97. The Balaban J connectivity index is 2.13. The highest BCUT2D eigenvalue weighted by Gasteiger charge is 2.30. The lowest BCUT2D eigenvalue weighted by molar-refractivity contribution is -0.385. The fourth-order valence-electron chi connectivity index (χ4n) is 2.60. The molecule has 0 aliphatic heterocycles. The quantitative estimate of drug-likeness (QED) is 0.285. The van der Waals surface area contributed by atoms with E-state index in [-0.39, 0.29) is 28.6 Å². The van der Waals surface area contributed by atoms with Crippen molar-refractivity contribution in [2.24, 2.45) is 5.41 Å². The Labute approximate surface area is 169 Å². The first-order valence-electron chi connectivity index (χ1n) is 8.74. The number of nitro benzene ring substituents is 2. The van der Waals surface area contributed by atoms with Crippen LogP contribution in [0, 0.1) is 25.6 Å². The summed E-state index contributed by atoms with van der Waals surface area (Å²) in [5, 5.41) is 22.6. The van der Waals surface area contributed by atoms with Crippen LogP contribution in [0.15, 0.2) is 30.3 Å². The molecule has 1 aromatic heterocycles. The first kappa shape index (κ1) is 20.7. The average Bonchev–Trinajstić information content (AvgIpc) is 3.10. The van der Waals surface area contributed by atoms with Gasteiger partial charge in [0.25, 0.3) is 5.69 Å². The van der Waals surface area contributed by atoms with E-state index in [0.717, 1.165) is 0 Å². The first-order valence-corrected chi connectivity index (χ1v) is 8.74. The van der Waals surface area contributed by atoms with Crippen molar-refractivity contribution in [1.82, 2.24) is 9.97 Å². The molecular weight excluding hydrogens is 396 g/mol. The number of non-ortho nitro benzene ring substituents is 1. The Morgan fingerprint density at radius 3 is 2.37 bits per heavy atom. The summed E-state index contributed by atoms with van der Waals surface area (Å²) in [6.45, 7) is 4.86. The van der Waals surface area contributed by atoms with Crippen molar-refractivity contribution in [3.05, 3.63) is 50.6 Å². The van der Waals surface area contributed by atoms with Gasteiger partial charge in [-0.25, -0.2) is 4.98 Å². The Hall–Kier alpha value is -4.02. The Morgan fingerprint density at radius 2 is 1.80 bits per heavy atom. The van der Waals surface area contributed by atoms with Crippen LogP contribution in [0.2, 0.25) is 0 Å². The van der Waals surface area contributed by atoms with Crippen molar-refractivity contribution >= 4 is 28.4 Å². The van der Waals surface area contributed by atoms with Crippen LogP contribution < -0.4 is 9.47 Å². The Kier molecular flexibility index (Phi) is 5.13. The standard InChI is InChI=1S/C19H18N4O7/c1-19(2,3)18(24)30-16-14(23(27)28)7-10(8-15(16)29-4)17-20-12-6-5-11(22(25)26)9-13(12)21-17/h5-9H,1-4H3,(H,20,21). The van der Waals surface area contributed by atoms with Gasteiger partial charge in [0.05, 0.1) is 33.4 Å². The second-order valence-corrected chi connectivity index (χ2v) is 7.47. The third-order valence-corrected chi connectivity index (χ3v) is 4.21. The van der Waals surface area contributed by atoms with Crippen molar-refractivity contribution in [3.8, 4) is 22.9 Å². The van der Waals surface area contributed by atoms with Crippen LogP contribution in [-0.4, -0.2) is 32.9 Å². The molecule has 0 amide bonds. The van der Waals surface area contributed by atoms with Crippen LogP contribution in [-0.2, 0) is 4.79 Å². The zero-order valence-electron chi connectivity index (χ0n) is 16.6. The fraction of sp³-hybridized carbons (Fsp3) is 0.263. The van der Waals surface area contributed by atoms with E-state index < -0.39 is 26.9 Å². The van der Waals surface area contributed by atoms with E-state index >= 15 is 0 Å². The van der Waals surface area contributed by atoms with Gasteiger partial charge < -0.3 is 14.5 Å². The van der Waals surface area contributed by atoms with Crippen LogP contribution in [0.25, 0.3) is 22.4 Å². The van der Waals surface area contributed by atoms with Gasteiger partial charge in [-0.15, -0.1) is 0 Å². The number of imidazole rings is 1. The molecule has 0 fully saturated rings. The summed E-state index contributed by atoms with van der Waals surface area (Å²) >= 11 is 0. The number of hydrogen-bond donors (Lipinski definition) is 1. The van der Waals surface area contributed by atoms with Crippen LogP contribution in [0.4, 0.5) is 11.4 Å². The average molecular weight is 414 g/mol. The summed E-state index contributed by atoms with van der Waals surface area (Å²) in [7, 11) is 1.29. The van der Waals surface area contributed by atoms with Crippen molar-refractivity contribution < 1.29 is 24.1 Å². The number of carbonyl (C=O) groups excluding carboxylic acids is 1. The number of aromatic amines is 1. The molecule has 0 spiro atoms. The summed E-state index contributed by atoms with van der Waals surface area (Å²) in [5.41, 5.74) is -0.371. The first-order chi connectivity index (χ1) is 14.0. The summed E-state index contributed by atoms with van der Waals surface area (Å²) in [6.07, 6.45) is 0. The molecule has 156 valence electrons. The molecule has 0 aliphatic rings. The van der Waals surface area contributed by atoms with E-state index in [1.807, 2.05) is 0 Å². The number of esters is 1. The normalized spacial score (nSPS) is 11.3. The van der Waals surface area contributed by atoms with Gasteiger partial charge in [0.2, 0.25) is 5.75 Å². The van der Waals surface area contributed by atoms with E-state index in [9.17, 15) is 25.0 Å². The molecule has 11 heteroatoms. The monoisotopic (exact) mass is 414 g/mol. The van der Waals surface area contributed by atoms with Gasteiger partial charge in [0, 0.05) is 23.8 Å². The summed E-state index contributed by atoms with van der Waals surface area (Å²) in [5.74, 6) is -0.755. The van der Waals surface area contributed by atoms with Crippen LogP contribution >= 0.6 is 0 Å². The number of nitro groups is 2. The van der Waals surface area contributed by atoms with Crippen molar-refractivity contribution in [2.75, 3.05) is 7.11 Å². The van der Waals surface area contributed by atoms with Gasteiger partial charge in [-0.1, -0.05) is 0 Å². The number of nitrogens with zero attached hydrogens (tertiary/aromatic N) is 3. The van der Waals surface area contributed by atoms with Crippen molar-refractivity contribution in [2.45, 2.75) is 20.8 Å². The topological polar surface area (TPSA) is 150 Å². The molecule has 0 bridgehead atoms. The number of rotatable bonds is 5. The lowest BCUT2D eigenvalue weighted by Crippen LogP contribution is -2.26. The number of benzene rings is 2. The van der Waals surface area contributed by atoms with Crippen LogP contribution in [0.5, 0.6) is 11.5 Å². The highest BCUT2D eigenvalue weighted by atomic mass is 16.6. The van der Waals surface area contributed by atoms with E-state index in [0.29, 0.717) is 11.0 Å². The minimum absolute atomic E-state index is 0.0248. The van der Waals surface area contributed by atoms with Crippen molar-refractivity contribution in [3.63, 3.8) is 0 Å². The molecular formula is C19H18N4O7. The van der Waals surface area contributed by atoms with Crippen LogP contribution in [0.1, 0.15) is 20.8 Å². The second kappa shape index (κ2) is 7.43. The number of carbonyl (C=O) groups is 1. The van der Waals surface area contributed by atoms with Gasteiger partial charge in [-0.3, -0.25) is 25.0 Å². The maximum Gasteiger partial charge on any atom is 0.316 e. The maximum absolute atomic E-state index is 12.3. The number of H-pyrrole nitrogens is 1. The Morgan fingerprint density at radius 1 is 1.10 bits per heavy atom. The molecule has 0 saturated carbocycles. The molecule has 2 aromatic carbocycles. The number of methoxy groups -OCH3 is 1. The third-order valence-electron chi connectivity index (χ3n) is 4.21. The van der Waals surface area contributed by atoms with E-state index in [1.54, 1.807) is 20.8 Å². The second-order valence-electron chi connectivity index (χ2n) is 7.47. The van der Waals surface area contributed by atoms with E-state index in [2.05, 4.69) is 9.97 Å². The number of ether oxygens (including phenoxy) is 2. The minimum atomic E-state index is -0.884. The molecule has 11 nitrogen and oxygen atoms in total. The summed E-state index contributed by atoms with van der Waals surface area (Å²) in [6, 6.07) is 6.74. The minimum Gasteiger partial charge on any atom is -0.493 e. The van der Waals surface area contributed by atoms with Gasteiger partial charge in [0.15, 0.2) is 5.75 Å². The Bertz CT molecular complexity index is 1180. The number of hydrogen-bond acceptors (Lipinski definition) is 8. The molecule has 3 aromatic rings. The maximum atomic E-state index is 12.3. The lowest BCUT2D eigenvalue weighted by Gasteiger charge is -2.18. The number of aromatic nitrogens is 2. The molecule has 1 N–H and O–H groups in total. The molecule has 30 heavy (non-hydrogen) atoms. The molecule has 3 rings (SSSR count). The van der Waals surface area contributed by atoms with Gasteiger partial charge in [-0.05, 0) is 32.9 Å². The fourth-order valence-corrected chi connectivity index (χ4v) is 2.60. The predicted molar refractivity (Wildman–Crippen MR) is 106 cm³/mol. The highest BCUT2D eigenvalue weighted by molar-refractivity contribution is 5.84. The molecule has 0 atom stereocenters. The zero-order valence-corrected chi connectivity index (χ0v) is 16.6. The highest BCUT2D eigenvalue weighted by Crippen LogP contribution is 2.42. The molecule has 0 unspecified atom stereocenters. The number of fused-ring (bicyclic) bond motifs is 1. The molecule has 0 saturated heterocycles. The molecule has 0 aliphatic carbocycles. The predicted octanol–water partition coefficient (Wildman–Crippen LogP) is 4.01. The van der Waals surface area contributed by atoms with E-state index in [4.69, 9.17) is 9.47 Å². The SMILES string of the molecule is COc1cc(-c2nc3cc([N+](=O)[O-])ccc3[nH]2)cc([N+](=O)[O-])c1OC(=O)C(C)(C)C. The largest absolute Gasteiger partial charge is 0.493 e. The smallest absolute Gasteiger partial charge is 0.316 e. The summed E-state index contributed by atoms with van der Waals surface area (Å²) < 4.78 is 10.5. The van der Waals surface area contributed by atoms with Crippen molar-refractivity contribution in [1.29, 1.82) is 0 Å². The van der Waals surface area contributed by atoms with Gasteiger partial charge in [-0.2, -0.15) is 0 Å². The summed E-state index contributed by atoms with van der Waals surface area (Å²) in [4.78, 5) is 40.9. The zero-order chi connectivity index (χ0) is 22.2. The van der Waals surface area contributed by atoms with Gasteiger partial charge >= 0.3 is 11.7 Å².